The van der Waals surface area contributed by atoms with Gasteiger partial charge in [-0.3, -0.25) is 0 Å². The molecule has 0 aromatic heterocycles. The van der Waals surface area contributed by atoms with E-state index in [2.05, 4.69) is 5.32 Å². The minimum atomic E-state index is -1.46. The van der Waals surface area contributed by atoms with Gasteiger partial charge in [0.05, 0.1) is 18.8 Å². The number of ether oxygens (including phenoxy) is 2. The van der Waals surface area contributed by atoms with Gasteiger partial charge in [0.25, 0.3) is 0 Å². The maximum absolute atomic E-state index is 10.4. The van der Waals surface area contributed by atoms with E-state index in [9.17, 15) is 30.6 Å². The van der Waals surface area contributed by atoms with Crippen molar-refractivity contribution in [2.45, 2.75) is 55.1 Å². The van der Waals surface area contributed by atoms with Gasteiger partial charge in [0.1, 0.15) is 30.5 Å². The summed E-state index contributed by atoms with van der Waals surface area (Å²) in [7, 11) is 2.90. The summed E-state index contributed by atoms with van der Waals surface area (Å²) in [5.74, 6) is -0.319. The monoisotopic (exact) mass is 363 g/mol. The Kier molecular flexibility index (Phi) is 7.32. The molecule has 0 bridgehead atoms. The van der Waals surface area contributed by atoms with Crippen LogP contribution in [0.25, 0.3) is 0 Å². The zero-order valence-corrected chi connectivity index (χ0v) is 14.4. The highest BCUT2D eigenvalue weighted by Gasteiger charge is 2.47. The molecule has 0 spiro atoms. The fourth-order valence-corrected chi connectivity index (χ4v) is 3.78. The normalized spacial score (nSPS) is 45.3. The van der Waals surface area contributed by atoms with Crippen LogP contribution in [0.4, 0.5) is 0 Å². The van der Waals surface area contributed by atoms with E-state index in [0.717, 1.165) is 0 Å². The van der Waals surface area contributed by atoms with Gasteiger partial charge in [-0.2, -0.15) is 0 Å². The Morgan fingerprint density at radius 2 is 1.72 bits per heavy atom. The molecule has 0 aromatic rings. The molecule has 2 aliphatic carbocycles. The zero-order chi connectivity index (χ0) is 18.7. The Morgan fingerprint density at radius 3 is 2.24 bits per heavy atom. The predicted molar refractivity (Wildman–Crippen MR) is 86.7 cm³/mol. The van der Waals surface area contributed by atoms with Crippen LogP contribution in [0.2, 0.25) is 0 Å². The Hall–Kier alpha value is -0.620. The van der Waals surface area contributed by atoms with Gasteiger partial charge in [-0.25, -0.2) is 0 Å². The van der Waals surface area contributed by atoms with Crippen LogP contribution >= 0.6 is 0 Å². The van der Waals surface area contributed by atoms with E-state index in [0.29, 0.717) is 6.42 Å². The molecule has 9 nitrogen and oxygen atoms in total. The molecule has 0 amide bonds. The van der Waals surface area contributed by atoms with E-state index in [1.165, 1.54) is 20.3 Å². The summed E-state index contributed by atoms with van der Waals surface area (Å²) in [6, 6.07) is -1.32. The van der Waals surface area contributed by atoms with E-state index >= 15 is 0 Å². The van der Waals surface area contributed by atoms with Crippen molar-refractivity contribution in [3.8, 4) is 0 Å². The second-order valence-corrected chi connectivity index (χ2v) is 6.69. The highest BCUT2D eigenvalue weighted by atomic mass is 16.5. The Morgan fingerprint density at radius 1 is 1.04 bits per heavy atom. The average molecular weight is 363 g/mol. The molecule has 1 saturated carbocycles. The van der Waals surface area contributed by atoms with Crippen molar-refractivity contribution in [3.63, 3.8) is 0 Å². The molecule has 0 radical (unpaired) electrons. The maximum Gasteiger partial charge on any atom is 0.111 e. The summed E-state index contributed by atoms with van der Waals surface area (Å²) in [4.78, 5) is 0. The standard InChI is InChI=1S/C16H29NO8/c1-24-10-4-7(5-18)11(16(25-2)14(10)22)17-9-3-8(6-19)12(20)15(23)13(9)21/h3,7,9-23H,4-6H2,1-2H3. The third kappa shape index (κ3) is 4.05. The van der Waals surface area contributed by atoms with Crippen molar-refractivity contribution in [2.75, 3.05) is 27.4 Å². The van der Waals surface area contributed by atoms with Crippen LogP contribution < -0.4 is 5.32 Å². The van der Waals surface area contributed by atoms with E-state index in [-0.39, 0.29) is 18.1 Å². The van der Waals surface area contributed by atoms with E-state index < -0.39 is 55.3 Å². The van der Waals surface area contributed by atoms with Crippen LogP contribution in [0.3, 0.4) is 0 Å². The molecule has 25 heavy (non-hydrogen) atoms. The lowest BCUT2D eigenvalue weighted by Crippen LogP contribution is -2.65. The molecule has 0 saturated heterocycles. The van der Waals surface area contributed by atoms with Gasteiger partial charge in [0.15, 0.2) is 0 Å². The van der Waals surface area contributed by atoms with Crippen molar-refractivity contribution in [1.82, 2.24) is 5.32 Å². The molecule has 0 aromatic carbocycles. The van der Waals surface area contributed by atoms with E-state index in [1.807, 2.05) is 0 Å². The van der Waals surface area contributed by atoms with Crippen LogP contribution in [0.5, 0.6) is 0 Å². The van der Waals surface area contributed by atoms with Gasteiger partial charge < -0.3 is 45.4 Å². The Bertz CT molecular complexity index is 461. The van der Waals surface area contributed by atoms with E-state index in [1.54, 1.807) is 0 Å². The lowest BCUT2D eigenvalue weighted by Gasteiger charge is -2.46. The minimum Gasteiger partial charge on any atom is -0.396 e. The van der Waals surface area contributed by atoms with Crippen molar-refractivity contribution in [3.05, 3.63) is 11.6 Å². The highest BCUT2D eigenvalue weighted by Crippen LogP contribution is 2.30. The molecule has 1 fully saturated rings. The smallest absolute Gasteiger partial charge is 0.111 e. The third-order valence-corrected chi connectivity index (χ3v) is 5.31. The second kappa shape index (κ2) is 8.85. The van der Waals surface area contributed by atoms with Crippen LogP contribution in [-0.2, 0) is 9.47 Å². The number of aliphatic hydroxyl groups is 6. The van der Waals surface area contributed by atoms with Gasteiger partial charge in [-0.05, 0) is 12.0 Å². The fourth-order valence-electron chi connectivity index (χ4n) is 3.78. The largest absolute Gasteiger partial charge is 0.396 e. The molecule has 9 atom stereocenters. The van der Waals surface area contributed by atoms with Crippen LogP contribution in [0, 0.1) is 5.92 Å². The lowest BCUT2D eigenvalue weighted by atomic mass is 9.78. The fraction of sp³-hybridized carbons (Fsp3) is 0.875. The predicted octanol–water partition coefficient (Wildman–Crippen LogP) is -3.27. The first-order valence-electron chi connectivity index (χ1n) is 8.35. The molecule has 9 heteroatoms. The minimum absolute atomic E-state index is 0.186. The molecule has 9 unspecified atom stereocenters. The first-order valence-corrected chi connectivity index (χ1v) is 8.35. The number of rotatable bonds is 6. The summed E-state index contributed by atoms with van der Waals surface area (Å²) in [5.41, 5.74) is 0.191. The van der Waals surface area contributed by atoms with Crippen LogP contribution in [0.15, 0.2) is 11.6 Å². The number of nitrogens with one attached hydrogen (secondary N) is 1. The summed E-state index contributed by atoms with van der Waals surface area (Å²) in [5, 5.41) is 62.6. The number of methoxy groups -OCH3 is 2. The Labute approximate surface area is 146 Å². The molecule has 0 heterocycles. The molecule has 2 aliphatic rings. The number of aliphatic hydroxyl groups excluding tert-OH is 6. The number of hydrogen-bond donors (Lipinski definition) is 7. The summed E-state index contributed by atoms with van der Waals surface area (Å²) in [6.07, 6.45) is -4.43. The Balaban J connectivity index is 2.24. The third-order valence-electron chi connectivity index (χ3n) is 5.31. The molecule has 146 valence electrons. The summed E-state index contributed by atoms with van der Waals surface area (Å²) < 4.78 is 10.6. The van der Waals surface area contributed by atoms with Crippen molar-refractivity contribution < 1.29 is 40.1 Å². The molecular weight excluding hydrogens is 334 g/mol. The van der Waals surface area contributed by atoms with Gasteiger partial charge in [-0.15, -0.1) is 0 Å². The molecular formula is C16H29NO8. The SMILES string of the molecule is COC1CC(CO)C(NC2C=C(CO)C(O)C(O)C2O)C(OC)C1O. The quantitative estimate of drug-likeness (QED) is 0.241. The molecule has 0 aliphatic heterocycles. The van der Waals surface area contributed by atoms with Crippen molar-refractivity contribution in [2.24, 2.45) is 5.92 Å². The van der Waals surface area contributed by atoms with Gasteiger partial charge >= 0.3 is 0 Å². The first kappa shape index (κ1) is 20.7. The van der Waals surface area contributed by atoms with Crippen molar-refractivity contribution in [1.29, 1.82) is 0 Å². The van der Waals surface area contributed by atoms with Crippen LogP contribution in [-0.4, -0.2) is 107 Å². The highest BCUT2D eigenvalue weighted by molar-refractivity contribution is 5.22. The van der Waals surface area contributed by atoms with Gasteiger partial charge in [0, 0.05) is 32.8 Å². The van der Waals surface area contributed by atoms with Gasteiger partial charge in [0.2, 0.25) is 0 Å². The topological polar surface area (TPSA) is 152 Å². The summed E-state index contributed by atoms with van der Waals surface area (Å²) >= 11 is 0. The maximum atomic E-state index is 10.4. The average Bonchev–Trinajstić information content (AvgIpc) is 2.62. The second-order valence-electron chi connectivity index (χ2n) is 6.69. The first-order chi connectivity index (χ1) is 11.9. The van der Waals surface area contributed by atoms with E-state index in [4.69, 9.17) is 9.47 Å². The number of hydrogen-bond acceptors (Lipinski definition) is 9. The summed E-state index contributed by atoms with van der Waals surface area (Å²) in [6.45, 7) is -0.645. The molecule has 2 rings (SSSR count). The zero-order valence-electron chi connectivity index (χ0n) is 14.4. The molecule has 7 N–H and O–H groups in total. The van der Waals surface area contributed by atoms with Gasteiger partial charge in [-0.1, -0.05) is 6.08 Å². The van der Waals surface area contributed by atoms with Crippen LogP contribution in [0.1, 0.15) is 6.42 Å². The van der Waals surface area contributed by atoms with Crippen molar-refractivity contribution >= 4 is 0 Å². The lowest BCUT2D eigenvalue weighted by molar-refractivity contribution is -0.149.